The SMILES string of the molecule is O=C([O-])c1ccc(F)c(S(=O)(=O)NCCc2ccccc2Cl)c1. The minimum absolute atomic E-state index is 0.0128. The van der Waals surface area contributed by atoms with Gasteiger partial charge in [0.25, 0.3) is 0 Å². The van der Waals surface area contributed by atoms with Crippen LogP contribution in [0.3, 0.4) is 0 Å². The molecule has 8 heteroatoms. The van der Waals surface area contributed by atoms with Gasteiger partial charge in [-0.3, -0.25) is 0 Å². The van der Waals surface area contributed by atoms with E-state index in [9.17, 15) is 22.7 Å². The van der Waals surface area contributed by atoms with Gasteiger partial charge < -0.3 is 9.90 Å². The second-order valence-electron chi connectivity index (χ2n) is 4.67. The highest BCUT2D eigenvalue weighted by Gasteiger charge is 2.19. The third-order valence-electron chi connectivity index (χ3n) is 3.10. The standard InChI is InChI=1S/C15H13ClFNO4S/c16-12-4-2-1-3-10(12)7-8-18-23(21,22)14-9-11(15(19)20)5-6-13(14)17/h1-6,9,18H,7-8H2,(H,19,20)/p-1. The summed E-state index contributed by atoms with van der Waals surface area (Å²) in [6, 6.07) is 9.36. The normalized spacial score (nSPS) is 11.4. The van der Waals surface area contributed by atoms with Crippen LogP contribution in [-0.4, -0.2) is 20.9 Å². The average Bonchev–Trinajstić information content (AvgIpc) is 2.49. The van der Waals surface area contributed by atoms with Gasteiger partial charge in [-0.05, 0) is 35.7 Å². The molecular weight excluding hydrogens is 345 g/mol. The number of hydrogen-bond acceptors (Lipinski definition) is 4. The van der Waals surface area contributed by atoms with Gasteiger partial charge in [0.15, 0.2) is 0 Å². The quantitative estimate of drug-likeness (QED) is 0.846. The number of carbonyl (C=O) groups excluding carboxylic acids is 1. The summed E-state index contributed by atoms with van der Waals surface area (Å²) in [5, 5.41) is 11.3. The molecule has 0 aliphatic heterocycles. The van der Waals surface area contributed by atoms with Gasteiger partial charge in [0.05, 0.1) is 5.97 Å². The second-order valence-corrected chi connectivity index (χ2v) is 6.81. The number of carboxylic acid groups (broad SMARTS) is 1. The summed E-state index contributed by atoms with van der Waals surface area (Å²) >= 11 is 5.96. The van der Waals surface area contributed by atoms with E-state index in [0.717, 1.165) is 23.8 Å². The molecule has 0 atom stereocenters. The van der Waals surface area contributed by atoms with E-state index in [4.69, 9.17) is 11.6 Å². The van der Waals surface area contributed by atoms with Gasteiger partial charge in [-0.25, -0.2) is 17.5 Å². The Labute approximate surface area is 137 Å². The maximum atomic E-state index is 13.7. The molecule has 0 amide bonds. The van der Waals surface area contributed by atoms with Crippen LogP contribution in [0.15, 0.2) is 47.4 Å². The Morgan fingerprint density at radius 2 is 1.91 bits per heavy atom. The van der Waals surface area contributed by atoms with Crippen LogP contribution in [0.2, 0.25) is 5.02 Å². The molecule has 0 radical (unpaired) electrons. The lowest BCUT2D eigenvalue weighted by Crippen LogP contribution is -2.28. The van der Waals surface area contributed by atoms with Crippen molar-refractivity contribution in [2.75, 3.05) is 6.54 Å². The van der Waals surface area contributed by atoms with Crippen LogP contribution in [0.5, 0.6) is 0 Å². The molecule has 2 rings (SSSR count). The summed E-state index contributed by atoms with van der Waals surface area (Å²) in [6.07, 6.45) is 0.306. The first-order valence-electron chi connectivity index (χ1n) is 6.55. The Bertz CT molecular complexity index is 839. The zero-order valence-electron chi connectivity index (χ0n) is 11.8. The molecule has 122 valence electrons. The van der Waals surface area contributed by atoms with Crippen LogP contribution >= 0.6 is 11.6 Å². The Morgan fingerprint density at radius 1 is 1.22 bits per heavy atom. The first-order chi connectivity index (χ1) is 10.8. The van der Waals surface area contributed by atoms with E-state index >= 15 is 0 Å². The van der Waals surface area contributed by atoms with Gasteiger partial charge in [0.2, 0.25) is 10.0 Å². The van der Waals surface area contributed by atoms with Gasteiger partial charge in [0, 0.05) is 11.6 Å². The molecule has 0 saturated carbocycles. The van der Waals surface area contributed by atoms with Crippen LogP contribution in [0.4, 0.5) is 4.39 Å². The lowest BCUT2D eigenvalue weighted by atomic mass is 10.1. The first kappa shape index (κ1) is 17.4. The van der Waals surface area contributed by atoms with Gasteiger partial charge in [-0.15, -0.1) is 0 Å². The first-order valence-corrected chi connectivity index (χ1v) is 8.41. The lowest BCUT2D eigenvalue weighted by Gasteiger charge is -2.10. The summed E-state index contributed by atoms with van der Waals surface area (Å²) in [5.41, 5.74) is 0.318. The third-order valence-corrected chi connectivity index (χ3v) is 4.95. The topological polar surface area (TPSA) is 86.3 Å². The lowest BCUT2D eigenvalue weighted by molar-refractivity contribution is -0.255. The van der Waals surface area contributed by atoms with Crippen molar-refractivity contribution < 1.29 is 22.7 Å². The van der Waals surface area contributed by atoms with Crippen LogP contribution in [0, 0.1) is 5.82 Å². The molecule has 0 spiro atoms. The molecule has 0 heterocycles. The summed E-state index contributed by atoms with van der Waals surface area (Å²) in [7, 11) is -4.19. The molecule has 2 aromatic rings. The van der Waals surface area contributed by atoms with E-state index in [0.29, 0.717) is 11.4 Å². The zero-order valence-corrected chi connectivity index (χ0v) is 13.3. The number of carbonyl (C=O) groups is 1. The maximum Gasteiger partial charge on any atom is 0.243 e. The van der Waals surface area contributed by atoms with E-state index in [-0.39, 0.29) is 6.54 Å². The molecule has 0 aliphatic rings. The summed E-state index contributed by atoms with van der Waals surface area (Å²) < 4.78 is 40.1. The molecule has 0 unspecified atom stereocenters. The third kappa shape index (κ3) is 4.28. The van der Waals surface area contributed by atoms with Crippen molar-refractivity contribution in [1.82, 2.24) is 4.72 Å². The molecule has 0 fully saturated rings. The van der Waals surface area contributed by atoms with E-state index in [1.807, 2.05) is 0 Å². The Hall–Kier alpha value is -1.96. The number of hydrogen-bond donors (Lipinski definition) is 1. The Morgan fingerprint density at radius 3 is 2.57 bits per heavy atom. The number of benzene rings is 2. The molecule has 0 aromatic heterocycles. The minimum Gasteiger partial charge on any atom is -0.545 e. The van der Waals surface area contributed by atoms with E-state index in [1.54, 1.807) is 24.3 Å². The highest BCUT2D eigenvalue weighted by molar-refractivity contribution is 7.89. The average molecular weight is 357 g/mol. The maximum absolute atomic E-state index is 13.7. The van der Waals surface area contributed by atoms with Crippen molar-refractivity contribution in [2.24, 2.45) is 0 Å². The zero-order chi connectivity index (χ0) is 17.0. The fourth-order valence-corrected chi connectivity index (χ4v) is 3.30. The van der Waals surface area contributed by atoms with E-state index < -0.39 is 32.3 Å². The molecule has 0 aliphatic carbocycles. The molecule has 0 bridgehead atoms. The summed E-state index contributed by atoms with van der Waals surface area (Å²) in [6.45, 7) is -0.0128. The molecule has 0 saturated heterocycles. The summed E-state index contributed by atoms with van der Waals surface area (Å²) in [4.78, 5) is 10.0. The smallest absolute Gasteiger partial charge is 0.243 e. The summed E-state index contributed by atoms with van der Waals surface area (Å²) in [5.74, 6) is -2.63. The van der Waals surface area contributed by atoms with Gasteiger partial charge >= 0.3 is 0 Å². The fraction of sp³-hybridized carbons (Fsp3) is 0.133. The number of aromatic carboxylic acids is 1. The van der Waals surface area contributed by atoms with Crippen molar-refractivity contribution in [2.45, 2.75) is 11.3 Å². The van der Waals surface area contributed by atoms with Crippen LogP contribution in [-0.2, 0) is 16.4 Å². The van der Waals surface area contributed by atoms with Crippen molar-refractivity contribution in [3.63, 3.8) is 0 Å². The molecule has 5 nitrogen and oxygen atoms in total. The monoisotopic (exact) mass is 356 g/mol. The second kappa shape index (κ2) is 7.08. The number of sulfonamides is 1. The predicted octanol–water partition coefficient (Wildman–Crippen LogP) is 1.36. The molecular formula is C15H12ClFNO4S-. The predicted molar refractivity (Wildman–Crippen MR) is 81.1 cm³/mol. The van der Waals surface area contributed by atoms with Gasteiger partial charge in [0.1, 0.15) is 10.7 Å². The van der Waals surface area contributed by atoms with Gasteiger partial charge in [-0.1, -0.05) is 35.9 Å². The molecule has 2 aromatic carbocycles. The van der Waals surface area contributed by atoms with E-state index in [1.165, 1.54) is 0 Å². The van der Waals surface area contributed by atoms with Crippen molar-refractivity contribution >= 4 is 27.6 Å². The molecule has 1 N–H and O–H groups in total. The minimum atomic E-state index is -4.19. The van der Waals surface area contributed by atoms with Gasteiger partial charge in [-0.2, -0.15) is 0 Å². The fourth-order valence-electron chi connectivity index (χ4n) is 1.94. The molecule has 23 heavy (non-hydrogen) atoms. The van der Waals surface area contributed by atoms with Crippen molar-refractivity contribution in [3.05, 3.63) is 64.4 Å². The van der Waals surface area contributed by atoms with E-state index in [2.05, 4.69) is 4.72 Å². The van der Waals surface area contributed by atoms with Crippen LogP contribution < -0.4 is 9.83 Å². The number of rotatable bonds is 6. The number of halogens is 2. The van der Waals surface area contributed by atoms with Crippen molar-refractivity contribution in [3.8, 4) is 0 Å². The Kier molecular flexibility index (Phi) is 5.35. The van der Waals surface area contributed by atoms with Crippen molar-refractivity contribution in [1.29, 1.82) is 0 Å². The highest BCUT2D eigenvalue weighted by Crippen LogP contribution is 2.17. The van der Waals surface area contributed by atoms with Crippen LogP contribution in [0.25, 0.3) is 0 Å². The highest BCUT2D eigenvalue weighted by atomic mass is 35.5. The number of nitrogens with one attached hydrogen (secondary N) is 1. The largest absolute Gasteiger partial charge is 0.545 e. The number of carboxylic acids is 1. The Balaban J connectivity index is 2.15. The van der Waals surface area contributed by atoms with Crippen LogP contribution in [0.1, 0.15) is 15.9 Å².